The highest BCUT2D eigenvalue weighted by molar-refractivity contribution is 4.98. The van der Waals surface area contributed by atoms with Crippen LogP contribution in [0.4, 0.5) is 0 Å². The lowest BCUT2D eigenvalue weighted by molar-refractivity contribution is 0.191. The van der Waals surface area contributed by atoms with Crippen molar-refractivity contribution < 1.29 is 4.74 Å². The van der Waals surface area contributed by atoms with Crippen molar-refractivity contribution in [1.82, 2.24) is 4.90 Å². The SMILES string of the molecule is C.C=C(CCCN(CCCCCCCCC)C/C(C)=C/C)OCCCCC. The molecule has 0 saturated heterocycles. The van der Waals surface area contributed by atoms with E-state index >= 15 is 0 Å². The number of rotatable bonds is 19. The normalized spacial score (nSPS) is 11.5. The molecule has 0 amide bonds. The Morgan fingerprint density at radius 2 is 1.41 bits per heavy atom. The third-order valence-corrected chi connectivity index (χ3v) is 5.03. The zero-order chi connectivity index (χ0) is 19.5. The predicted octanol–water partition coefficient (Wildman–Crippen LogP) is 8.14. The smallest absolute Gasteiger partial charge is 0.0888 e. The molecule has 2 heteroatoms. The van der Waals surface area contributed by atoms with Gasteiger partial charge in [0.1, 0.15) is 0 Å². The quantitative estimate of drug-likeness (QED) is 0.127. The van der Waals surface area contributed by atoms with Gasteiger partial charge in [0.25, 0.3) is 0 Å². The minimum atomic E-state index is 0. The molecule has 0 radical (unpaired) electrons. The summed E-state index contributed by atoms with van der Waals surface area (Å²) in [6.45, 7) is 17.3. The summed E-state index contributed by atoms with van der Waals surface area (Å²) in [6.07, 6.45) is 17.7. The largest absolute Gasteiger partial charge is 0.499 e. The zero-order valence-corrected chi connectivity index (χ0v) is 18.5. The van der Waals surface area contributed by atoms with Gasteiger partial charge in [0.05, 0.1) is 12.4 Å². The average Bonchev–Trinajstić information content (AvgIpc) is 2.64. The fourth-order valence-corrected chi connectivity index (χ4v) is 3.15. The summed E-state index contributed by atoms with van der Waals surface area (Å²) in [4.78, 5) is 2.62. The molecule has 0 aromatic carbocycles. The highest BCUT2D eigenvalue weighted by Gasteiger charge is 2.06. The van der Waals surface area contributed by atoms with E-state index in [0.29, 0.717) is 0 Å². The van der Waals surface area contributed by atoms with Crippen molar-refractivity contribution in [3.63, 3.8) is 0 Å². The second-order valence-corrected chi connectivity index (χ2v) is 7.73. The van der Waals surface area contributed by atoms with Gasteiger partial charge in [-0.05, 0) is 46.2 Å². The van der Waals surface area contributed by atoms with E-state index in [4.69, 9.17) is 4.74 Å². The average molecular weight is 382 g/mol. The molecule has 0 unspecified atom stereocenters. The summed E-state index contributed by atoms with van der Waals surface area (Å²) in [6, 6.07) is 0. The molecular formula is C25H51NO. The maximum Gasteiger partial charge on any atom is 0.0888 e. The Bertz CT molecular complexity index is 348. The molecule has 0 bridgehead atoms. The molecule has 0 atom stereocenters. The number of allylic oxidation sites excluding steroid dienone is 2. The van der Waals surface area contributed by atoms with Crippen LogP contribution in [0.25, 0.3) is 0 Å². The van der Waals surface area contributed by atoms with Crippen LogP contribution in [-0.2, 0) is 4.74 Å². The molecule has 0 saturated carbocycles. The van der Waals surface area contributed by atoms with E-state index in [-0.39, 0.29) is 7.43 Å². The first kappa shape index (κ1) is 28.4. The first-order valence-electron chi connectivity index (χ1n) is 11.3. The van der Waals surface area contributed by atoms with E-state index in [1.54, 1.807) is 0 Å². The Hall–Kier alpha value is -0.760. The Balaban J connectivity index is 0. The summed E-state index contributed by atoms with van der Waals surface area (Å²) >= 11 is 0. The molecule has 0 N–H and O–H groups in total. The first-order valence-corrected chi connectivity index (χ1v) is 11.3. The van der Waals surface area contributed by atoms with Gasteiger partial charge in [-0.2, -0.15) is 0 Å². The van der Waals surface area contributed by atoms with Crippen LogP contribution in [0, 0.1) is 0 Å². The van der Waals surface area contributed by atoms with Gasteiger partial charge in [0.15, 0.2) is 0 Å². The summed E-state index contributed by atoms with van der Waals surface area (Å²) < 4.78 is 5.75. The van der Waals surface area contributed by atoms with Crippen LogP contribution >= 0.6 is 0 Å². The van der Waals surface area contributed by atoms with Crippen LogP contribution in [0.15, 0.2) is 24.0 Å². The van der Waals surface area contributed by atoms with E-state index in [1.165, 1.54) is 69.9 Å². The van der Waals surface area contributed by atoms with Crippen LogP contribution < -0.4 is 0 Å². The summed E-state index contributed by atoms with van der Waals surface area (Å²) in [5.74, 6) is 0.972. The van der Waals surface area contributed by atoms with E-state index < -0.39 is 0 Å². The Kier molecular flexibility index (Phi) is 22.7. The molecule has 2 nitrogen and oxygen atoms in total. The Labute approximate surface area is 172 Å². The maximum atomic E-state index is 5.75. The Morgan fingerprint density at radius 3 is 2.04 bits per heavy atom. The monoisotopic (exact) mass is 381 g/mol. The molecule has 0 fully saturated rings. The van der Waals surface area contributed by atoms with Crippen LogP contribution in [-0.4, -0.2) is 31.1 Å². The van der Waals surface area contributed by atoms with Crippen molar-refractivity contribution in [1.29, 1.82) is 0 Å². The van der Waals surface area contributed by atoms with Crippen molar-refractivity contribution in [3.8, 4) is 0 Å². The van der Waals surface area contributed by atoms with Crippen molar-refractivity contribution >= 4 is 0 Å². The molecule has 0 aromatic heterocycles. The van der Waals surface area contributed by atoms with Gasteiger partial charge >= 0.3 is 0 Å². The van der Waals surface area contributed by atoms with Gasteiger partial charge in [-0.3, -0.25) is 4.90 Å². The van der Waals surface area contributed by atoms with Gasteiger partial charge in [-0.25, -0.2) is 0 Å². The standard InChI is InChI=1S/C24H47NO.CH4/c1-6-9-11-12-13-14-15-19-25(22-23(4)8-3)20-17-18-24(5)26-21-16-10-7-2;/h8H,5-7,9-22H2,1-4H3;1H4/b23-8+;. The molecule has 0 rings (SSSR count). The summed E-state index contributed by atoms with van der Waals surface area (Å²) in [5.41, 5.74) is 1.47. The predicted molar refractivity (Wildman–Crippen MR) is 124 cm³/mol. The van der Waals surface area contributed by atoms with Crippen LogP contribution in [0.1, 0.15) is 112 Å². The molecule has 0 heterocycles. The molecule has 0 spiro atoms. The van der Waals surface area contributed by atoms with Crippen molar-refractivity contribution in [2.45, 2.75) is 112 Å². The van der Waals surface area contributed by atoms with Gasteiger partial charge in [0, 0.05) is 13.0 Å². The number of nitrogens with zero attached hydrogens (tertiary/aromatic N) is 1. The molecule has 0 aliphatic carbocycles. The van der Waals surface area contributed by atoms with Gasteiger partial charge in [-0.15, -0.1) is 0 Å². The van der Waals surface area contributed by atoms with E-state index in [2.05, 4.69) is 45.2 Å². The second-order valence-electron chi connectivity index (χ2n) is 7.73. The molecule has 0 aromatic rings. The van der Waals surface area contributed by atoms with Gasteiger partial charge in [-0.1, -0.05) is 90.9 Å². The molecular weight excluding hydrogens is 330 g/mol. The number of hydrogen-bond donors (Lipinski definition) is 0. The van der Waals surface area contributed by atoms with Crippen molar-refractivity contribution in [3.05, 3.63) is 24.0 Å². The molecule has 27 heavy (non-hydrogen) atoms. The highest BCUT2D eigenvalue weighted by atomic mass is 16.5. The van der Waals surface area contributed by atoms with Crippen LogP contribution in [0.2, 0.25) is 0 Å². The third-order valence-electron chi connectivity index (χ3n) is 5.03. The van der Waals surface area contributed by atoms with Crippen molar-refractivity contribution in [2.24, 2.45) is 0 Å². The number of ether oxygens (including phenoxy) is 1. The first-order chi connectivity index (χ1) is 12.6. The lowest BCUT2D eigenvalue weighted by Crippen LogP contribution is -2.28. The van der Waals surface area contributed by atoms with Crippen molar-refractivity contribution in [2.75, 3.05) is 26.2 Å². The number of unbranched alkanes of at least 4 members (excludes halogenated alkanes) is 8. The zero-order valence-electron chi connectivity index (χ0n) is 18.5. The lowest BCUT2D eigenvalue weighted by atomic mass is 10.1. The lowest BCUT2D eigenvalue weighted by Gasteiger charge is -2.23. The molecule has 162 valence electrons. The second kappa shape index (κ2) is 21.5. The molecule has 0 aliphatic rings. The number of hydrogen-bond acceptors (Lipinski definition) is 2. The fraction of sp³-hybridized carbons (Fsp3) is 0.840. The molecule has 0 aliphatic heterocycles. The summed E-state index contributed by atoms with van der Waals surface area (Å²) in [5, 5.41) is 0. The minimum Gasteiger partial charge on any atom is -0.499 e. The topological polar surface area (TPSA) is 12.5 Å². The van der Waals surface area contributed by atoms with E-state index in [9.17, 15) is 0 Å². The van der Waals surface area contributed by atoms with E-state index in [0.717, 1.165) is 44.7 Å². The fourth-order valence-electron chi connectivity index (χ4n) is 3.15. The van der Waals surface area contributed by atoms with Crippen LogP contribution in [0.3, 0.4) is 0 Å². The Morgan fingerprint density at radius 1 is 0.852 bits per heavy atom. The summed E-state index contributed by atoms with van der Waals surface area (Å²) in [7, 11) is 0. The minimum absolute atomic E-state index is 0. The van der Waals surface area contributed by atoms with Gasteiger partial charge in [0.2, 0.25) is 0 Å². The van der Waals surface area contributed by atoms with Gasteiger partial charge < -0.3 is 4.74 Å². The van der Waals surface area contributed by atoms with E-state index in [1.807, 2.05) is 0 Å². The maximum absolute atomic E-state index is 5.75. The third kappa shape index (κ3) is 19.8. The highest BCUT2D eigenvalue weighted by Crippen LogP contribution is 2.11. The van der Waals surface area contributed by atoms with Crippen LogP contribution in [0.5, 0.6) is 0 Å².